The van der Waals surface area contributed by atoms with Gasteiger partial charge in [0.05, 0.1) is 18.4 Å². The summed E-state index contributed by atoms with van der Waals surface area (Å²) in [6.45, 7) is 11.0. The summed E-state index contributed by atoms with van der Waals surface area (Å²) in [7, 11) is 0. The Balaban J connectivity index is 1.85. The molecule has 0 radical (unpaired) electrons. The molecule has 0 saturated carbocycles. The summed E-state index contributed by atoms with van der Waals surface area (Å²) < 4.78 is 6.99. The Labute approximate surface area is 137 Å². The van der Waals surface area contributed by atoms with Gasteiger partial charge in [-0.15, -0.1) is 0 Å². The molecular weight excluding hydrogens is 296 g/mol. The number of carbonyl (C=O) groups is 1. The summed E-state index contributed by atoms with van der Waals surface area (Å²) in [6, 6.07) is 1.85. The third-order valence-corrected chi connectivity index (χ3v) is 4.06. The maximum atomic E-state index is 12.6. The van der Waals surface area contributed by atoms with Gasteiger partial charge in [0, 0.05) is 45.9 Å². The van der Waals surface area contributed by atoms with E-state index in [1.54, 1.807) is 4.68 Å². The molecule has 1 fully saturated rings. The third-order valence-electron chi connectivity index (χ3n) is 4.06. The van der Waals surface area contributed by atoms with Crippen LogP contribution in [0.2, 0.25) is 0 Å². The monoisotopic (exact) mass is 324 g/mol. The number of aryl methyl sites for hydroxylation is 2. The highest BCUT2D eigenvalue weighted by molar-refractivity contribution is 5.92. The lowest BCUT2D eigenvalue weighted by molar-refractivity contribution is 0.0110. The molecule has 1 aliphatic rings. The molecule has 130 valence electrons. The van der Waals surface area contributed by atoms with Crippen LogP contribution in [-0.4, -0.2) is 82.6 Å². The highest BCUT2D eigenvalue weighted by atomic mass is 16.5. The van der Waals surface area contributed by atoms with E-state index < -0.39 is 6.10 Å². The largest absolute Gasteiger partial charge is 0.389 e. The van der Waals surface area contributed by atoms with Crippen LogP contribution < -0.4 is 0 Å². The average molecular weight is 324 g/mol. The number of ether oxygens (including phenoxy) is 1. The smallest absolute Gasteiger partial charge is 0.272 e. The van der Waals surface area contributed by atoms with E-state index in [9.17, 15) is 9.90 Å². The first-order valence-corrected chi connectivity index (χ1v) is 8.37. The summed E-state index contributed by atoms with van der Waals surface area (Å²) in [5.41, 5.74) is 1.53. The molecule has 2 rings (SSSR count). The van der Waals surface area contributed by atoms with E-state index in [1.165, 1.54) is 0 Å². The van der Waals surface area contributed by atoms with Crippen LogP contribution in [0.1, 0.15) is 30.0 Å². The van der Waals surface area contributed by atoms with Gasteiger partial charge < -0.3 is 14.7 Å². The number of rotatable bonds is 7. The molecule has 0 unspecified atom stereocenters. The predicted octanol–water partition coefficient (Wildman–Crippen LogP) is 0.367. The Morgan fingerprint density at radius 1 is 1.35 bits per heavy atom. The summed E-state index contributed by atoms with van der Waals surface area (Å²) >= 11 is 0. The van der Waals surface area contributed by atoms with Gasteiger partial charge in [0.15, 0.2) is 0 Å². The van der Waals surface area contributed by atoms with Crippen molar-refractivity contribution in [3.63, 3.8) is 0 Å². The molecule has 1 saturated heterocycles. The minimum atomic E-state index is -0.471. The molecule has 2 heterocycles. The predicted molar refractivity (Wildman–Crippen MR) is 87.5 cm³/mol. The first-order chi connectivity index (χ1) is 11.0. The Morgan fingerprint density at radius 2 is 2.04 bits per heavy atom. The van der Waals surface area contributed by atoms with Gasteiger partial charge in [-0.1, -0.05) is 0 Å². The van der Waals surface area contributed by atoms with E-state index >= 15 is 0 Å². The van der Waals surface area contributed by atoms with Crippen molar-refractivity contribution in [1.82, 2.24) is 19.6 Å². The maximum absolute atomic E-state index is 12.6. The number of piperazine rings is 1. The van der Waals surface area contributed by atoms with Crippen molar-refractivity contribution in [3.05, 3.63) is 17.5 Å². The Bertz CT molecular complexity index is 509. The molecule has 1 aliphatic heterocycles. The molecule has 1 aromatic heterocycles. The third kappa shape index (κ3) is 4.76. The van der Waals surface area contributed by atoms with Crippen LogP contribution in [0.4, 0.5) is 0 Å². The van der Waals surface area contributed by atoms with Crippen molar-refractivity contribution in [3.8, 4) is 0 Å². The quantitative estimate of drug-likeness (QED) is 0.784. The zero-order chi connectivity index (χ0) is 16.8. The number of amides is 1. The SMILES string of the molecule is CCOC[C@@H](O)CN1CCN(C(=O)c2cc(C)nn2CC)CC1. The number of carbonyl (C=O) groups excluding carboxylic acids is 1. The highest BCUT2D eigenvalue weighted by Gasteiger charge is 2.25. The topological polar surface area (TPSA) is 70.8 Å². The number of hydrogen-bond donors (Lipinski definition) is 1. The molecule has 0 spiro atoms. The molecule has 0 bridgehead atoms. The van der Waals surface area contributed by atoms with E-state index in [2.05, 4.69) is 10.00 Å². The molecule has 1 aromatic rings. The fraction of sp³-hybridized carbons (Fsp3) is 0.750. The van der Waals surface area contributed by atoms with Crippen molar-refractivity contribution >= 4 is 5.91 Å². The van der Waals surface area contributed by atoms with Crippen molar-refractivity contribution < 1.29 is 14.6 Å². The van der Waals surface area contributed by atoms with Crippen LogP contribution >= 0.6 is 0 Å². The summed E-state index contributed by atoms with van der Waals surface area (Å²) in [5, 5.41) is 14.2. The molecule has 0 aliphatic carbocycles. The molecule has 7 heteroatoms. The van der Waals surface area contributed by atoms with Gasteiger partial charge in [-0.3, -0.25) is 14.4 Å². The normalized spacial score (nSPS) is 17.5. The molecule has 7 nitrogen and oxygen atoms in total. The highest BCUT2D eigenvalue weighted by Crippen LogP contribution is 2.11. The van der Waals surface area contributed by atoms with Crippen molar-refractivity contribution in [2.75, 3.05) is 45.9 Å². The number of β-amino-alcohol motifs (C(OH)–C–C–N with tert-alkyl or cyclic N) is 1. The summed E-state index contributed by atoms with van der Waals surface area (Å²) in [5.74, 6) is 0.0435. The van der Waals surface area contributed by atoms with Crippen molar-refractivity contribution in [1.29, 1.82) is 0 Å². The molecule has 23 heavy (non-hydrogen) atoms. The minimum Gasteiger partial charge on any atom is -0.389 e. The van der Waals surface area contributed by atoms with E-state index in [0.717, 1.165) is 18.8 Å². The fourth-order valence-corrected chi connectivity index (χ4v) is 2.86. The van der Waals surface area contributed by atoms with Gasteiger partial charge in [0.2, 0.25) is 0 Å². The van der Waals surface area contributed by atoms with Crippen molar-refractivity contribution in [2.24, 2.45) is 0 Å². The molecule has 1 amide bonds. The maximum Gasteiger partial charge on any atom is 0.272 e. The summed E-state index contributed by atoms with van der Waals surface area (Å²) in [6.07, 6.45) is -0.471. The Hall–Kier alpha value is -1.44. The van der Waals surface area contributed by atoms with Crippen LogP contribution in [0.5, 0.6) is 0 Å². The van der Waals surface area contributed by atoms with Gasteiger partial charge in [0.25, 0.3) is 5.91 Å². The average Bonchev–Trinajstić information content (AvgIpc) is 2.94. The lowest BCUT2D eigenvalue weighted by Gasteiger charge is -2.35. The standard InChI is InChI=1S/C16H28N4O3/c1-4-20-15(10-13(3)17-20)16(22)19-8-6-18(7-9-19)11-14(21)12-23-5-2/h10,14,21H,4-9,11-12H2,1-3H3/t14-/m0/s1. The van der Waals surface area contributed by atoms with Gasteiger partial charge in [0.1, 0.15) is 5.69 Å². The van der Waals surface area contributed by atoms with Gasteiger partial charge in [-0.25, -0.2) is 0 Å². The lowest BCUT2D eigenvalue weighted by atomic mass is 10.2. The van der Waals surface area contributed by atoms with Crippen LogP contribution in [-0.2, 0) is 11.3 Å². The van der Waals surface area contributed by atoms with Crippen molar-refractivity contribution in [2.45, 2.75) is 33.4 Å². The van der Waals surface area contributed by atoms with Gasteiger partial charge in [-0.2, -0.15) is 5.10 Å². The summed E-state index contributed by atoms with van der Waals surface area (Å²) in [4.78, 5) is 16.7. The number of nitrogens with zero attached hydrogens (tertiary/aromatic N) is 4. The number of aromatic nitrogens is 2. The molecule has 1 atom stereocenters. The minimum absolute atomic E-state index is 0.0435. The van der Waals surface area contributed by atoms with Crippen LogP contribution in [0.25, 0.3) is 0 Å². The Morgan fingerprint density at radius 3 is 2.65 bits per heavy atom. The van der Waals surface area contributed by atoms with E-state index in [1.807, 2.05) is 31.7 Å². The lowest BCUT2D eigenvalue weighted by Crippen LogP contribution is -2.51. The van der Waals surface area contributed by atoms with Gasteiger partial charge >= 0.3 is 0 Å². The number of hydrogen-bond acceptors (Lipinski definition) is 5. The number of aliphatic hydroxyl groups excluding tert-OH is 1. The second-order valence-electron chi connectivity index (χ2n) is 5.89. The van der Waals surface area contributed by atoms with E-state index in [4.69, 9.17) is 4.74 Å². The first kappa shape index (κ1) is 17.9. The van der Waals surface area contributed by atoms with Crippen LogP contribution in [0.3, 0.4) is 0 Å². The molecule has 0 aromatic carbocycles. The van der Waals surface area contributed by atoms with Crippen LogP contribution in [0, 0.1) is 6.92 Å². The molecular formula is C16H28N4O3. The second-order valence-corrected chi connectivity index (χ2v) is 5.89. The second kappa shape index (κ2) is 8.42. The van der Waals surface area contributed by atoms with Crippen LogP contribution in [0.15, 0.2) is 6.07 Å². The molecule has 1 N–H and O–H groups in total. The van der Waals surface area contributed by atoms with Gasteiger partial charge in [-0.05, 0) is 26.8 Å². The number of aliphatic hydroxyl groups is 1. The zero-order valence-corrected chi connectivity index (χ0v) is 14.4. The first-order valence-electron chi connectivity index (χ1n) is 8.37. The zero-order valence-electron chi connectivity index (χ0n) is 14.4. The Kier molecular flexibility index (Phi) is 6.56. The van der Waals surface area contributed by atoms with E-state index in [-0.39, 0.29) is 5.91 Å². The fourth-order valence-electron chi connectivity index (χ4n) is 2.86. The van der Waals surface area contributed by atoms with E-state index in [0.29, 0.717) is 45.1 Å².